The van der Waals surface area contributed by atoms with Gasteiger partial charge in [0, 0.05) is 12.3 Å². The van der Waals surface area contributed by atoms with Gasteiger partial charge in [0.15, 0.2) is 0 Å². The van der Waals surface area contributed by atoms with E-state index in [4.69, 9.17) is 9.84 Å². The zero-order valence-electron chi connectivity index (χ0n) is 18.8. The number of carboxylic acids is 1. The SMILES string of the molecule is CCC(NC(=O)C(CCC(=O)O)NC(=O)OCC1c2ccccc2-c2ccccc21)C(C)O. The van der Waals surface area contributed by atoms with Gasteiger partial charge in [0.25, 0.3) is 0 Å². The maximum atomic E-state index is 12.7. The van der Waals surface area contributed by atoms with Crippen molar-refractivity contribution < 1.29 is 29.3 Å². The third kappa shape index (κ3) is 5.90. The molecule has 4 N–H and O–H groups in total. The molecule has 2 aromatic rings. The van der Waals surface area contributed by atoms with Gasteiger partial charge in [-0.05, 0) is 42.0 Å². The van der Waals surface area contributed by atoms with Crippen molar-refractivity contribution in [3.63, 3.8) is 0 Å². The van der Waals surface area contributed by atoms with E-state index in [1.54, 1.807) is 6.92 Å². The van der Waals surface area contributed by atoms with Gasteiger partial charge < -0.3 is 25.6 Å². The van der Waals surface area contributed by atoms with Crippen molar-refractivity contribution in [2.75, 3.05) is 6.61 Å². The highest BCUT2D eigenvalue weighted by Gasteiger charge is 2.30. The molecule has 0 radical (unpaired) electrons. The number of aliphatic hydroxyl groups excluding tert-OH is 1. The number of ether oxygens (including phenoxy) is 1. The predicted octanol–water partition coefficient (Wildman–Crippen LogP) is 3.03. The lowest BCUT2D eigenvalue weighted by Crippen LogP contribution is -2.52. The first-order valence-electron chi connectivity index (χ1n) is 11.1. The Hall–Kier alpha value is -3.39. The maximum absolute atomic E-state index is 12.7. The molecule has 2 aromatic carbocycles. The molecule has 0 aliphatic heterocycles. The highest BCUT2D eigenvalue weighted by atomic mass is 16.5. The molecule has 1 aliphatic rings. The minimum absolute atomic E-state index is 0.0817. The van der Waals surface area contributed by atoms with Gasteiger partial charge in [0.1, 0.15) is 12.6 Å². The second-order valence-corrected chi connectivity index (χ2v) is 8.22. The van der Waals surface area contributed by atoms with Crippen LogP contribution in [0.1, 0.15) is 50.2 Å². The molecule has 0 spiro atoms. The van der Waals surface area contributed by atoms with E-state index in [1.165, 1.54) is 0 Å². The highest BCUT2D eigenvalue weighted by Crippen LogP contribution is 2.44. The van der Waals surface area contributed by atoms with Crippen LogP contribution in [0.5, 0.6) is 0 Å². The van der Waals surface area contributed by atoms with Crippen LogP contribution in [0.4, 0.5) is 4.79 Å². The second kappa shape index (κ2) is 11.0. The van der Waals surface area contributed by atoms with Crippen molar-refractivity contribution >= 4 is 18.0 Å². The minimum Gasteiger partial charge on any atom is -0.481 e. The fourth-order valence-corrected chi connectivity index (χ4v) is 4.17. The molecule has 0 saturated carbocycles. The predicted molar refractivity (Wildman–Crippen MR) is 123 cm³/mol. The molecule has 8 heteroatoms. The van der Waals surface area contributed by atoms with Gasteiger partial charge in [-0.1, -0.05) is 55.5 Å². The van der Waals surface area contributed by atoms with Crippen LogP contribution in [0.2, 0.25) is 0 Å². The molecule has 0 heterocycles. The summed E-state index contributed by atoms with van der Waals surface area (Å²) in [5, 5.41) is 24.0. The molecule has 0 saturated heterocycles. The summed E-state index contributed by atoms with van der Waals surface area (Å²) in [5.74, 6) is -1.77. The van der Waals surface area contributed by atoms with Gasteiger partial charge >= 0.3 is 12.1 Å². The van der Waals surface area contributed by atoms with Gasteiger partial charge in [-0.25, -0.2) is 4.79 Å². The van der Waals surface area contributed by atoms with Crippen LogP contribution in [0.15, 0.2) is 48.5 Å². The molecule has 0 aromatic heterocycles. The maximum Gasteiger partial charge on any atom is 0.407 e. The quantitative estimate of drug-likeness (QED) is 0.437. The molecule has 33 heavy (non-hydrogen) atoms. The second-order valence-electron chi connectivity index (χ2n) is 8.22. The number of carbonyl (C=O) groups is 3. The zero-order valence-corrected chi connectivity index (χ0v) is 18.8. The number of aliphatic carboxylic acids is 1. The summed E-state index contributed by atoms with van der Waals surface area (Å²) in [4.78, 5) is 36.2. The Bertz CT molecular complexity index is 960. The molecule has 3 unspecified atom stereocenters. The number of benzene rings is 2. The summed E-state index contributed by atoms with van der Waals surface area (Å²) in [6.07, 6.45) is -1.49. The number of aliphatic hydroxyl groups is 1. The molecule has 3 atom stereocenters. The van der Waals surface area contributed by atoms with Crippen LogP contribution in [0, 0.1) is 0 Å². The fourth-order valence-electron chi connectivity index (χ4n) is 4.17. The number of hydrogen-bond donors (Lipinski definition) is 4. The topological polar surface area (TPSA) is 125 Å². The van der Waals surface area contributed by atoms with Crippen molar-refractivity contribution in [3.8, 4) is 11.1 Å². The monoisotopic (exact) mass is 454 g/mol. The van der Waals surface area contributed by atoms with Gasteiger partial charge in [-0.2, -0.15) is 0 Å². The zero-order chi connectivity index (χ0) is 24.0. The van der Waals surface area contributed by atoms with Crippen LogP contribution >= 0.6 is 0 Å². The van der Waals surface area contributed by atoms with Crippen LogP contribution in [-0.4, -0.2) is 53.0 Å². The molecule has 0 bridgehead atoms. The Labute approximate surface area is 193 Å². The van der Waals surface area contributed by atoms with E-state index in [9.17, 15) is 19.5 Å². The summed E-state index contributed by atoms with van der Waals surface area (Å²) in [5.41, 5.74) is 4.33. The summed E-state index contributed by atoms with van der Waals surface area (Å²) in [6.45, 7) is 3.45. The lowest BCUT2D eigenvalue weighted by atomic mass is 9.98. The fraction of sp³-hybridized carbons (Fsp3) is 0.400. The van der Waals surface area contributed by atoms with Gasteiger partial charge in [0.2, 0.25) is 5.91 Å². The van der Waals surface area contributed by atoms with Crippen molar-refractivity contribution in [2.45, 2.75) is 57.2 Å². The summed E-state index contributed by atoms with van der Waals surface area (Å²) in [6, 6.07) is 14.3. The molecule has 176 valence electrons. The number of hydrogen-bond acceptors (Lipinski definition) is 5. The normalized spacial score (nSPS) is 15.0. The van der Waals surface area contributed by atoms with Crippen molar-refractivity contribution in [3.05, 3.63) is 59.7 Å². The van der Waals surface area contributed by atoms with Gasteiger partial charge in [-0.3, -0.25) is 9.59 Å². The first-order valence-corrected chi connectivity index (χ1v) is 11.1. The number of carbonyl (C=O) groups excluding carboxylic acids is 2. The van der Waals surface area contributed by atoms with E-state index in [0.717, 1.165) is 22.3 Å². The van der Waals surface area contributed by atoms with E-state index in [2.05, 4.69) is 10.6 Å². The van der Waals surface area contributed by atoms with Crippen LogP contribution in [0.25, 0.3) is 11.1 Å². The number of amides is 2. The molecular formula is C25H30N2O6. The van der Waals surface area contributed by atoms with E-state index in [-0.39, 0.29) is 25.4 Å². The highest BCUT2D eigenvalue weighted by molar-refractivity contribution is 5.86. The van der Waals surface area contributed by atoms with Crippen molar-refractivity contribution in [1.29, 1.82) is 0 Å². The summed E-state index contributed by atoms with van der Waals surface area (Å²) < 4.78 is 5.48. The van der Waals surface area contributed by atoms with Gasteiger partial charge in [-0.15, -0.1) is 0 Å². The number of nitrogens with one attached hydrogen (secondary N) is 2. The summed E-state index contributed by atoms with van der Waals surface area (Å²) in [7, 11) is 0. The van der Waals surface area contributed by atoms with E-state index >= 15 is 0 Å². The molecule has 0 fully saturated rings. The minimum atomic E-state index is -1.09. The Morgan fingerprint density at radius 1 is 1.00 bits per heavy atom. The average molecular weight is 455 g/mol. The smallest absolute Gasteiger partial charge is 0.407 e. The van der Waals surface area contributed by atoms with Crippen LogP contribution < -0.4 is 10.6 Å². The molecular weight excluding hydrogens is 424 g/mol. The molecule has 8 nitrogen and oxygen atoms in total. The third-order valence-corrected chi connectivity index (χ3v) is 5.95. The lowest BCUT2D eigenvalue weighted by molar-refractivity contribution is -0.137. The van der Waals surface area contributed by atoms with E-state index in [0.29, 0.717) is 6.42 Å². The Kier molecular flexibility index (Phi) is 8.06. The number of rotatable bonds is 10. The number of carboxylic acid groups (broad SMARTS) is 1. The Morgan fingerprint density at radius 2 is 1.58 bits per heavy atom. The van der Waals surface area contributed by atoms with Crippen molar-refractivity contribution in [2.24, 2.45) is 0 Å². The Balaban J connectivity index is 1.66. The van der Waals surface area contributed by atoms with Crippen molar-refractivity contribution in [1.82, 2.24) is 10.6 Å². The number of alkyl carbamates (subject to hydrolysis) is 1. The first kappa shape index (κ1) is 24.3. The molecule has 2 amide bonds. The first-order chi connectivity index (χ1) is 15.8. The largest absolute Gasteiger partial charge is 0.481 e. The molecule has 3 rings (SSSR count). The van der Waals surface area contributed by atoms with Crippen LogP contribution in [-0.2, 0) is 14.3 Å². The Morgan fingerprint density at radius 3 is 2.09 bits per heavy atom. The number of fused-ring (bicyclic) bond motifs is 3. The van der Waals surface area contributed by atoms with Crippen LogP contribution in [0.3, 0.4) is 0 Å². The lowest BCUT2D eigenvalue weighted by Gasteiger charge is -2.24. The average Bonchev–Trinajstić information content (AvgIpc) is 3.12. The molecule has 1 aliphatic carbocycles. The summed E-state index contributed by atoms with van der Waals surface area (Å²) >= 11 is 0. The third-order valence-electron chi connectivity index (χ3n) is 5.95. The van der Waals surface area contributed by atoms with Gasteiger partial charge in [0.05, 0.1) is 12.1 Å². The van der Waals surface area contributed by atoms with E-state index < -0.39 is 36.2 Å². The standard InChI is InChI=1S/C25H30N2O6/c1-3-21(15(2)28)26-24(31)22(12-13-23(29)30)27-25(32)33-14-20-18-10-6-4-8-16(18)17-9-5-7-11-19(17)20/h4-11,15,20-22,28H,3,12-14H2,1-2H3,(H,26,31)(H,27,32)(H,29,30). The van der Waals surface area contributed by atoms with E-state index in [1.807, 2.05) is 55.5 Å².